The van der Waals surface area contributed by atoms with Crippen molar-refractivity contribution in [2.75, 3.05) is 5.32 Å². The number of nitrogens with one attached hydrogen (secondary N) is 2. The molecule has 1 atom stereocenters. The third-order valence-corrected chi connectivity index (χ3v) is 2.56. The van der Waals surface area contributed by atoms with E-state index in [1.165, 1.54) is 12.1 Å². The van der Waals surface area contributed by atoms with Gasteiger partial charge in [0.15, 0.2) is 0 Å². The lowest BCUT2D eigenvalue weighted by molar-refractivity contribution is -0.115. The maximum Gasteiger partial charge on any atom is 0.259 e. The zero-order valence-electron chi connectivity index (χ0n) is 8.91. The quantitative estimate of drug-likeness (QED) is 0.612. The molecule has 0 aliphatic carbocycles. The average molecular weight is 253 g/mol. The number of amides is 3. The molecule has 88 valence electrons. The third-order valence-electron chi connectivity index (χ3n) is 2.36. The fourth-order valence-corrected chi connectivity index (χ4v) is 1.54. The van der Waals surface area contributed by atoms with Gasteiger partial charge >= 0.3 is 0 Å². The van der Waals surface area contributed by atoms with E-state index in [1.807, 2.05) is 0 Å². The molecule has 1 unspecified atom stereocenters. The van der Waals surface area contributed by atoms with E-state index in [2.05, 4.69) is 10.6 Å². The predicted octanol–water partition coefficient (Wildman–Crippen LogP) is 1.14. The maximum atomic E-state index is 11.4. The maximum absolute atomic E-state index is 11.4. The molecule has 3 amide bonds. The number of anilines is 1. The van der Waals surface area contributed by atoms with E-state index in [0.717, 1.165) is 0 Å². The highest BCUT2D eigenvalue weighted by molar-refractivity contribution is 6.32. The van der Waals surface area contributed by atoms with Gasteiger partial charge in [-0.3, -0.25) is 19.7 Å². The number of hydrogen-bond acceptors (Lipinski definition) is 3. The Morgan fingerprint density at radius 1 is 1.29 bits per heavy atom. The molecule has 6 heteroatoms. The van der Waals surface area contributed by atoms with Crippen molar-refractivity contribution in [3.8, 4) is 0 Å². The summed E-state index contributed by atoms with van der Waals surface area (Å²) >= 11 is 5.60. The van der Waals surface area contributed by atoms with Crippen LogP contribution < -0.4 is 10.6 Å². The molecule has 1 aromatic rings. The molecule has 1 aliphatic heterocycles. The van der Waals surface area contributed by atoms with E-state index in [-0.39, 0.29) is 11.5 Å². The molecule has 0 aromatic heterocycles. The SMILES string of the molecule is CC(Cl)C(=O)Nc1ccc2c(c1)C(=O)NC2=O. The number of carbonyl (C=O) groups is 3. The van der Waals surface area contributed by atoms with Crippen LogP contribution in [-0.2, 0) is 4.79 Å². The van der Waals surface area contributed by atoms with Crippen molar-refractivity contribution in [1.29, 1.82) is 0 Å². The molecule has 0 radical (unpaired) electrons. The molecule has 2 N–H and O–H groups in total. The molecule has 1 heterocycles. The van der Waals surface area contributed by atoms with Gasteiger partial charge in [0.2, 0.25) is 5.91 Å². The minimum Gasteiger partial charge on any atom is -0.325 e. The smallest absolute Gasteiger partial charge is 0.259 e. The Labute approximate surface area is 102 Å². The fourth-order valence-electron chi connectivity index (χ4n) is 1.49. The normalized spacial score (nSPS) is 15.2. The van der Waals surface area contributed by atoms with Crippen molar-refractivity contribution in [3.05, 3.63) is 29.3 Å². The summed E-state index contributed by atoms with van der Waals surface area (Å²) in [5.74, 6) is -1.25. The summed E-state index contributed by atoms with van der Waals surface area (Å²) in [6, 6.07) is 4.49. The molecule has 0 saturated heterocycles. The Hall–Kier alpha value is -1.88. The molecule has 5 nitrogen and oxygen atoms in total. The van der Waals surface area contributed by atoms with Gasteiger partial charge in [-0.15, -0.1) is 11.6 Å². The monoisotopic (exact) mass is 252 g/mol. The summed E-state index contributed by atoms with van der Waals surface area (Å²) in [4.78, 5) is 34.0. The van der Waals surface area contributed by atoms with Crippen LogP contribution in [0, 0.1) is 0 Å². The second-order valence-electron chi connectivity index (χ2n) is 3.65. The molecule has 0 fully saturated rings. The number of alkyl halides is 1. The van der Waals surface area contributed by atoms with E-state index in [0.29, 0.717) is 11.3 Å². The van der Waals surface area contributed by atoms with Crippen LogP contribution in [0.5, 0.6) is 0 Å². The van der Waals surface area contributed by atoms with Gasteiger partial charge in [-0.2, -0.15) is 0 Å². The molecule has 0 spiro atoms. The first-order valence-corrected chi connectivity index (χ1v) is 5.37. The number of benzene rings is 1. The Morgan fingerprint density at radius 2 is 1.94 bits per heavy atom. The van der Waals surface area contributed by atoms with Gasteiger partial charge in [-0.1, -0.05) is 0 Å². The summed E-state index contributed by atoms with van der Waals surface area (Å²) in [5, 5.41) is 4.05. The van der Waals surface area contributed by atoms with Gasteiger partial charge in [0.05, 0.1) is 11.1 Å². The van der Waals surface area contributed by atoms with Crippen LogP contribution in [0.15, 0.2) is 18.2 Å². The van der Waals surface area contributed by atoms with Gasteiger partial charge in [-0.05, 0) is 25.1 Å². The van der Waals surface area contributed by atoms with E-state index in [9.17, 15) is 14.4 Å². The lowest BCUT2D eigenvalue weighted by atomic mass is 10.1. The number of fused-ring (bicyclic) bond motifs is 1. The number of carbonyl (C=O) groups excluding carboxylic acids is 3. The Bertz CT molecular complexity index is 525. The lowest BCUT2D eigenvalue weighted by Gasteiger charge is -2.06. The van der Waals surface area contributed by atoms with Crippen LogP contribution in [-0.4, -0.2) is 23.1 Å². The zero-order chi connectivity index (χ0) is 12.6. The topological polar surface area (TPSA) is 75.3 Å². The summed E-state index contributed by atoms with van der Waals surface area (Å²) < 4.78 is 0. The molecule has 0 saturated carbocycles. The van der Waals surface area contributed by atoms with Gasteiger partial charge < -0.3 is 5.32 Å². The largest absolute Gasteiger partial charge is 0.325 e. The van der Waals surface area contributed by atoms with E-state index < -0.39 is 17.2 Å². The number of rotatable bonds is 2. The lowest BCUT2D eigenvalue weighted by Crippen LogP contribution is -2.20. The van der Waals surface area contributed by atoms with E-state index in [4.69, 9.17) is 11.6 Å². The number of hydrogen-bond donors (Lipinski definition) is 2. The van der Waals surface area contributed by atoms with Crippen molar-refractivity contribution in [2.45, 2.75) is 12.3 Å². The Morgan fingerprint density at radius 3 is 2.59 bits per heavy atom. The molecular weight excluding hydrogens is 244 g/mol. The molecular formula is C11H9ClN2O3. The molecule has 1 aromatic carbocycles. The standard InChI is InChI=1S/C11H9ClN2O3/c1-5(12)9(15)13-6-2-3-7-8(4-6)11(17)14-10(7)16/h2-5H,1H3,(H,13,15)(H,14,16,17). The third kappa shape index (κ3) is 2.14. The highest BCUT2D eigenvalue weighted by Crippen LogP contribution is 2.20. The molecule has 0 bridgehead atoms. The van der Waals surface area contributed by atoms with Crippen molar-refractivity contribution in [2.24, 2.45) is 0 Å². The minimum absolute atomic E-state index is 0.259. The minimum atomic E-state index is -0.668. The van der Waals surface area contributed by atoms with Crippen molar-refractivity contribution >= 4 is 35.0 Å². The fraction of sp³-hybridized carbons (Fsp3) is 0.182. The summed E-state index contributed by atoms with van der Waals surface area (Å²) in [5.41, 5.74) is 1.01. The highest BCUT2D eigenvalue weighted by Gasteiger charge is 2.26. The zero-order valence-corrected chi connectivity index (χ0v) is 9.67. The van der Waals surface area contributed by atoms with Crippen molar-refractivity contribution < 1.29 is 14.4 Å². The summed E-state index contributed by atoms with van der Waals surface area (Å²) in [6.45, 7) is 1.54. The van der Waals surface area contributed by atoms with Crippen LogP contribution >= 0.6 is 11.6 Å². The predicted molar refractivity (Wildman–Crippen MR) is 62.2 cm³/mol. The second-order valence-corrected chi connectivity index (χ2v) is 4.30. The number of halogens is 1. The van der Waals surface area contributed by atoms with Crippen LogP contribution in [0.2, 0.25) is 0 Å². The molecule has 17 heavy (non-hydrogen) atoms. The summed E-state index contributed by atoms with van der Waals surface area (Å²) in [7, 11) is 0. The van der Waals surface area contributed by atoms with Gasteiger partial charge in [0.25, 0.3) is 11.8 Å². The molecule has 2 rings (SSSR count). The van der Waals surface area contributed by atoms with Gasteiger partial charge in [0.1, 0.15) is 5.38 Å². The number of imide groups is 1. The van der Waals surface area contributed by atoms with Crippen LogP contribution in [0.25, 0.3) is 0 Å². The van der Waals surface area contributed by atoms with Gasteiger partial charge in [-0.25, -0.2) is 0 Å². The first-order chi connectivity index (χ1) is 7.99. The van der Waals surface area contributed by atoms with Crippen LogP contribution in [0.1, 0.15) is 27.6 Å². The van der Waals surface area contributed by atoms with E-state index in [1.54, 1.807) is 13.0 Å². The van der Waals surface area contributed by atoms with Crippen LogP contribution in [0.4, 0.5) is 5.69 Å². The highest BCUT2D eigenvalue weighted by atomic mass is 35.5. The van der Waals surface area contributed by atoms with Crippen molar-refractivity contribution in [1.82, 2.24) is 5.32 Å². The second kappa shape index (κ2) is 4.18. The first-order valence-electron chi connectivity index (χ1n) is 4.93. The van der Waals surface area contributed by atoms with E-state index >= 15 is 0 Å². The summed E-state index contributed by atoms with van der Waals surface area (Å²) in [6.07, 6.45) is 0. The Kier molecular flexibility index (Phi) is 2.85. The van der Waals surface area contributed by atoms with Gasteiger partial charge in [0, 0.05) is 5.69 Å². The first kappa shape index (κ1) is 11.6. The van der Waals surface area contributed by atoms with Crippen molar-refractivity contribution in [3.63, 3.8) is 0 Å². The molecule has 1 aliphatic rings. The van der Waals surface area contributed by atoms with Crippen LogP contribution in [0.3, 0.4) is 0 Å². The Balaban J connectivity index is 2.29. The average Bonchev–Trinajstić information content (AvgIpc) is 2.54.